The van der Waals surface area contributed by atoms with E-state index in [4.69, 9.17) is 4.74 Å². The summed E-state index contributed by atoms with van der Waals surface area (Å²) in [7, 11) is 0. The highest BCUT2D eigenvalue weighted by Gasteiger charge is 2.28. The molecule has 0 fully saturated rings. The van der Waals surface area contributed by atoms with E-state index in [9.17, 15) is 0 Å². The van der Waals surface area contributed by atoms with Crippen LogP contribution in [0.15, 0.2) is 159 Å². The van der Waals surface area contributed by atoms with E-state index in [1.807, 2.05) is 12.2 Å². The normalized spacial score (nSPS) is 15.6. The molecule has 8 rings (SSSR count). The molecule has 4 aliphatic carbocycles. The third-order valence-electron chi connectivity index (χ3n) is 10.3. The average Bonchev–Trinajstić information content (AvgIpc) is 4.02. The van der Waals surface area contributed by atoms with Crippen molar-refractivity contribution in [1.29, 1.82) is 0 Å². The lowest BCUT2D eigenvalue weighted by Crippen LogP contribution is -2.08. The minimum atomic E-state index is 0.812. The summed E-state index contributed by atoms with van der Waals surface area (Å²) < 4.78 is 7.43. The Hall–Kier alpha value is -5.92. The first kappa shape index (κ1) is 32.3. The van der Waals surface area contributed by atoms with Gasteiger partial charge in [0.2, 0.25) is 0 Å². The van der Waals surface area contributed by atoms with Crippen LogP contribution in [0.4, 0.5) is 0 Å². The van der Waals surface area contributed by atoms with Crippen LogP contribution in [0.2, 0.25) is 0 Å². The molecule has 4 aromatic carbocycles. The molecule has 0 unspecified atom stereocenters. The molecule has 0 heterocycles. The molecular weight excluding hydrogens is 617 g/mol. The van der Waals surface area contributed by atoms with Crippen LogP contribution in [0.1, 0.15) is 81.3 Å². The van der Waals surface area contributed by atoms with E-state index in [-0.39, 0.29) is 0 Å². The van der Waals surface area contributed by atoms with Crippen molar-refractivity contribution in [2.24, 2.45) is 0 Å². The second kappa shape index (κ2) is 14.5. The van der Waals surface area contributed by atoms with Gasteiger partial charge in [0.25, 0.3) is 0 Å². The predicted octanol–water partition coefficient (Wildman–Crippen LogP) is 13.3. The topological polar surface area (TPSA) is 9.23 Å². The van der Waals surface area contributed by atoms with E-state index in [0.29, 0.717) is 0 Å². The molecule has 0 spiro atoms. The summed E-state index contributed by atoms with van der Waals surface area (Å²) in [5.74, 6) is 1.73. The highest BCUT2D eigenvalue weighted by atomic mass is 16.5. The molecule has 1 heteroatoms. The summed E-state index contributed by atoms with van der Waals surface area (Å²) in [5.41, 5.74) is 17.4. The second-order valence-corrected chi connectivity index (χ2v) is 13.5. The van der Waals surface area contributed by atoms with E-state index in [1.54, 1.807) is 0 Å². The van der Waals surface area contributed by atoms with Crippen molar-refractivity contribution < 1.29 is 4.74 Å². The fraction of sp³-hybridized carbons (Fsp3) is 0.120. The highest BCUT2D eigenvalue weighted by molar-refractivity contribution is 5.92. The monoisotopic (exact) mass is 658 g/mol. The van der Waals surface area contributed by atoms with Gasteiger partial charge in [-0.05, 0) is 117 Å². The Labute approximate surface area is 302 Å². The average molecular weight is 659 g/mol. The lowest BCUT2D eigenvalue weighted by molar-refractivity contribution is 0.478. The van der Waals surface area contributed by atoms with Crippen molar-refractivity contribution in [1.82, 2.24) is 0 Å². The Morgan fingerprint density at radius 2 is 0.824 bits per heavy atom. The number of hydrogen-bond donors (Lipinski definition) is 0. The fourth-order valence-electron chi connectivity index (χ4n) is 7.94. The van der Waals surface area contributed by atoms with Gasteiger partial charge in [-0.25, -0.2) is 0 Å². The molecule has 0 amide bonds. The molecule has 0 radical (unpaired) electrons. The molecule has 0 N–H and O–H groups in total. The molecule has 4 aliphatic rings. The molecule has 1 nitrogen and oxygen atoms in total. The van der Waals surface area contributed by atoms with Gasteiger partial charge in [0.05, 0.1) is 0 Å². The predicted molar refractivity (Wildman–Crippen MR) is 219 cm³/mol. The van der Waals surface area contributed by atoms with E-state index < -0.39 is 0 Å². The number of hydrogen-bond acceptors (Lipinski definition) is 1. The molecule has 0 atom stereocenters. The third-order valence-corrected chi connectivity index (χ3v) is 10.3. The Bertz CT molecular complexity index is 2110. The zero-order chi connectivity index (χ0) is 34.6. The summed E-state index contributed by atoms with van der Waals surface area (Å²) in [5, 5.41) is 0. The van der Waals surface area contributed by atoms with Gasteiger partial charge in [0.15, 0.2) is 0 Å². The Morgan fingerprint density at radius 3 is 1.14 bits per heavy atom. The van der Waals surface area contributed by atoms with Crippen LogP contribution < -0.4 is 4.74 Å². The maximum atomic E-state index is 7.43. The van der Waals surface area contributed by atoms with Gasteiger partial charge >= 0.3 is 0 Å². The van der Waals surface area contributed by atoms with Crippen molar-refractivity contribution in [2.75, 3.05) is 0 Å². The Morgan fingerprint density at radius 1 is 0.471 bits per heavy atom. The SMILES string of the molecule is C=Cc1cc(Oc2cc(C=C)c(Cc3ccccc3)c(C3=CC=CC3)c2C2=CC=CC2)c(C2=CC=CC2)c(C2=CC=CC2)c1Cc1ccccc1. The van der Waals surface area contributed by atoms with E-state index in [2.05, 4.69) is 159 Å². The van der Waals surface area contributed by atoms with Gasteiger partial charge in [0.1, 0.15) is 11.5 Å². The molecule has 0 aromatic heterocycles. The zero-order valence-electron chi connectivity index (χ0n) is 29.1. The molecule has 4 aromatic rings. The van der Waals surface area contributed by atoms with E-state index in [0.717, 1.165) is 61.2 Å². The van der Waals surface area contributed by atoms with Crippen molar-refractivity contribution in [3.63, 3.8) is 0 Å². The molecule has 51 heavy (non-hydrogen) atoms. The number of ether oxygens (including phenoxy) is 1. The van der Waals surface area contributed by atoms with Crippen molar-refractivity contribution in [3.05, 3.63) is 215 Å². The summed E-state index contributed by atoms with van der Waals surface area (Å²) in [6.45, 7) is 8.68. The van der Waals surface area contributed by atoms with Crippen LogP contribution in [0.25, 0.3) is 34.4 Å². The van der Waals surface area contributed by atoms with Gasteiger partial charge in [0, 0.05) is 11.1 Å². The maximum Gasteiger partial charge on any atom is 0.136 e. The first-order valence-corrected chi connectivity index (χ1v) is 18.1. The Kier molecular flexibility index (Phi) is 9.19. The largest absolute Gasteiger partial charge is 0.456 e. The molecule has 0 saturated heterocycles. The lowest BCUT2D eigenvalue weighted by atomic mass is 9.82. The fourth-order valence-corrected chi connectivity index (χ4v) is 7.94. The summed E-state index contributed by atoms with van der Waals surface area (Å²) >= 11 is 0. The standard InChI is InChI=1S/C50H42O/c1-3-37-33-45(49(41-27-15-16-28-41)47(39-23-11-12-24-39)43(37)31-35-19-7-5-8-20-35)51-46-34-38(4-2)44(32-36-21-9-6-10-22-36)48(40-25-13-14-26-40)50(46)42-29-17-18-30-42/h3-23,25,27,29,33-34H,1-2,24,26,28,30-32H2. The third kappa shape index (κ3) is 6.44. The van der Waals surface area contributed by atoms with Crippen LogP contribution in [-0.2, 0) is 12.8 Å². The van der Waals surface area contributed by atoms with Crippen LogP contribution in [0.3, 0.4) is 0 Å². The maximum absolute atomic E-state index is 7.43. The van der Waals surface area contributed by atoms with Crippen molar-refractivity contribution in [2.45, 2.75) is 38.5 Å². The highest BCUT2D eigenvalue weighted by Crippen LogP contribution is 2.49. The summed E-state index contributed by atoms with van der Waals surface area (Å²) in [4.78, 5) is 0. The van der Waals surface area contributed by atoms with Crippen LogP contribution in [-0.4, -0.2) is 0 Å². The van der Waals surface area contributed by atoms with Crippen molar-refractivity contribution in [3.8, 4) is 11.5 Å². The minimum Gasteiger partial charge on any atom is -0.456 e. The molecule has 248 valence electrons. The van der Waals surface area contributed by atoms with Crippen LogP contribution >= 0.6 is 0 Å². The van der Waals surface area contributed by atoms with Gasteiger partial charge < -0.3 is 4.74 Å². The van der Waals surface area contributed by atoms with Gasteiger partial charge in [-0.15, -0.1) is 0 Å². The zero-order valence-corrected chi connectivity index (χ0v) is 29.1. The summed E-state index contributed by atoms with van der Waals surface area (Å²) in [6, 6.07) is 26.0. The minimum absolute atomic E-state index is 0.812. The smallest absolute Gasteiger partial charge is 0.136 e. The summed E-state index contributed by atoms with van der Waals surface area (Å²) in [6.07, 6.45) is 35.9. The molecule has 0 bridgehead atoms. The van der Waals surface area contributed by atoms with E-state index >= 15 is 0 Å². The quantitative estimate of drug-likeness (QED) is 0.147. The van der Waals surface area contributed by atoms with Gasteiger partial charge in [-0.3, -0.25) is 0 Å². The Balaban J connectivity index is 1.38. The van der Waals surface area contributed by atoms with Crippen molar-refractivity contribution >= 4 is 34.4 Å². The lowest BCUT2D eigenvalue weighted by Gasteiger charge is -2.27. The van der Waals surface area contributed by atoms with E-state index in [1.165, 1.54) is 66.8 Å². The molecule has 0 aliphatic heterocycles. The molecular formula is C50H42O. The number of benzene rings is 4. The van der Waals surface area contributed by atoms with Crippen LogP contribution in [0.5, 0.6) is 11.5 Å². The first-order valence-electron chi connectivity index (χ1n) is 18.1. The number of rotatable bonds is 12. The van der Waals surface area contributed by atoms with Crippen LogP contribution in [0, 0.1) is 0 Å². The van der Waals surface area contributed by atoms with Gasteiger partial charge in [-0.2, -0.15) is 0 Å². The molecule has 0 saturated carbocycles. The van der Waals surface area contributed by atoms with Gasteiger partial charge in [-0.1, -0.05) is 159 Å². The number of allylic oxidation sites excluding steroid dienone is 16. The first-order chi connectivity index (χ1) is 25.2. The second-order valence-electron chi connectivity index (χ2n) is 13.5.